The Labute approximate surface area is 103 Å². The van der Waals surface area contributed by atoms with Crippen LogP contribution in [0.15, 0.2) is 24.3 Å². The first-order chi connectivity index (χ1) is 8.13. The van der Waals surface area contributed by atoms with Crippen molar-refractivity contribution in [3.8, 4) is 0 Å². The van der Waals surface area contributed by atoms with Crippen LogP contribution >= 0.6 is 0 Å². The number of hydrogen-bond acceptors (Lipinski definition) is 3. The van der Waals surface area contributed by atoms with E-state index in [-0.39, 0.29) is 0 Å². The summed E-state index contributed by atoms with van der Waals surface area (Å²) in [7, 11) is 1.70. The van der Waals surface area contributed by atoms with Gasteiger partial charge in [0.25, 0.3) is 0 Å². The van der Waals surface area contributed by atoms with Crippen LogP contribution in [0.3, 0.4) is 0 Å². The fourth-order valence-corrected chi connectivity index (χ4v) is 0.953. The smallest absolute Gasteiger partial charge is 0.207 e. The van der Waals surface area contributed by atoms with Crippen LogP contribution < -0.4 is 11.1 Å². The number of amides is 1. The number of rotatable bonds is 5. The van der Waals surface area contributed by atoms with Gasteiger partial charge in [-0.15, -0.1) is 0 Å². The Morgan fingerprint density at radius 2 is 1.76 bits per heavy atom. The number of carbonyl (C=O) groups is 1. The van der Waals surface area contributed by atoms with Gasteiger partial charge in [-0.3, -0.25) is 4.79 Å². The first kappa shape index (κ1) is 15.6. The molecule has 0 aliphatic carbocycles. The molecule has 0 aliphatic rings. The number of nitrogens with one attached hydrogen (secondary N) is 1. The monoisotopic (exact) mass is 238 g/mol. The van der Waals surface area contributed by atoms with Crippen molar-refractivity contribution in [3.63, 3.8) is 0 Å². The minimum Gasteiger partial charge on any atom is -0.382 e. The number of hydrogen-bond donors (Lipinski definition) is 2. The van der Waals surface area contributed by atoms with Crippen molar-refractivity contribution < 1.29 is 9.53 Å². The lowest BCUT2D eigenvalue weighted by atomic mass is 10.1. The molecule has 0 unspecified atom stereocenters. The van der Waals surface area contributed by atoms with Gasteiger partial charge in [0.1, 0.15) is 0 Å². The highest BCUT2D eigenvalue weighted by atomic mass is 16.5. The zero-order chi connectivity index (χ0) is 13.1. The molecule has 1 amide bonds. The fourth-order valence-electron chi connectivity index (χ4n) is 0.953. The lowest BCUT2D eigenvalue weighted by Crippen LogP contribution is -2.09. The summed E-state index contributed by atoms with van der Waals surface area (Å²) in [4.78, 5) is 9.97. The molecule has 3 N–H and O–H groups in total. The van der Waals surface area contributed by atoms with E-state index in [0.717, 1.165) is 11.1 Å². The average Bonchev–Trinajstić information content (AvgIpc) is 2.37. The Morgan fingerprint density at radius 3 is 2.12 bits per heavy atom. The van der Waals surface area contributed by atoms with Gasteiger partial charge in [0.2, 0.25) is 6.41 Å². The summed E-state index contributed by atoms with van der Waals surface area (Å²) in [6, 6.07) is 7.83. The highest BCUT2D eigenvalue weighted by Crippen LogP contribution is 2.02. The second kappa shape index (κ2) is 9.81. The van der Waals surface area contributed by atoms with Crippen LogP contribution in [0.5, 0.6) is 0 Å². The Hall–Kier alpha value is -1.39. The quantitative estimate of drug-likeness (QED) is 0.763. The van der Waals surface area contributed by atoms with Gasteiger partial charge in [0, 0.05) is 20.2 Å². The molecule has 0 heterocycles. The third-order valence-electron chi connectivity index (χ3n) is 2.12. The van der Waals surface area contributed by atoms with Gasteiger partial charge in [0.15, 0.2) is 0 Å². The van der Waals surface area contributed by atoms with Crippen molar-refractivity contribution >= 4 is 6.41 Å². The molecule has 0 atom stereocenters. The van der Waals surface area contributed by atoms with Crippen LogP contribution in [0, 0.1) is 0 Å². The number of ether oxygens (including phenoxy) is 1. The predicted octanol–water partition coefficient (Wildman–Crippen LogP) is 1.43. The molecule has 4 heteroatoms. The van der Waals surface area contributed by atoms with E-state index in [2.05, 4.69) is 5.32 Å². The first-order valence-electron chi connectivity index (χ1n) is 5.61. The van der Waals surface area contributed by atoms with Gasteiger partial charge in [0.05, 0.1) is 6.10 Å². The van der Waals surface area contributed by atoms with Gasteiger partial charge >= 0.3 is 0 Å². The van der Waals surface area contributed by atoms with E-state index in [1.165, 1.54) is 0 Å². The average molecular weight is 238 g/mol. The number of methoxy groups -OCH3 is 1. The molecule has 17 heavy (non-hydrogen) atoms. The van der Waals surface area contributed by atoms with Crippen LogP contribution in [0.4, 0.5) is 0 Å². The van der Waals surface area contributed by atoms with Crippen molar-refractivity contribution in [2.45, 2.75) is 33.0 Å². The molecule has 96 valence electrons. The summed E-state index contributed by atoms with van der Waals surface area (Å²) in [6.07, 6.45) is 1.08. The van der Waals surface area contributed by atoms with Crippen LogP contribution in [0.2, 0.25) is 0 Å². The molecule has 1 aromatic rings. The molecule has 4 nitrogen and oxygen atoms in total. The molecule has 0 bridgehead atoms. The van der Waals surface area contributed by atoms with Crippen molar-refractivity contribution in [3.05, 3.63) is 35.4 Å². The largest absolute Gasteiger partial charge is 0.382 e. The second-order valence-corrected chi connectivity index (χ2v) is 3.80. The fraction of sp³-hybridized carbons (Fsp3) is 0.462. The summed E-state index contributed by atoms with van der Waals surface area (Å²) in [6.45, 7) is 5.13. The van der Waals surface area contributed by atoms with Crippen molar-refractivity contribution in [1.82, 2.24) is 5.32 Å². The van der Waals surface area contributed by atoms with Gasteiger partial charge in [-0.2, -0.15) is 0 Å². The van der Waals surface area contributed by atoms with E-state index in [4.69, 9.17) is 10.5 Å². The third kappa shape index (κ3) is 8.42. The van der Waals surface area contributed by atoms with Crippen molar-refractivity contribution in [1.29, 1.82) is 0 Å². The highest BCUT2D eigenvalue weighted by Gasteiger charge is 1.91. The number of carbonyl (C=O) groups excluding carboxylic acids is 1. The molecule has 0 fully saturated rings. The van der Waals surface area contributed by atoms with E-state index in [9.17, 15) is 4.79 Å². The Balaban J connectivity index is 0.000000437. The zero-order valence-electron chi connectivity index (χ0n) is 10.8. The lowest BCUT2D eigenvalue weighted by molar-refractivity contribution is -0.109. The van der Waals surface area contributed by atoms with Crippen LogP contribution in [0.25, 0.3) is 0 Å². The lowest BCUT2D eigenvalue weighted by Gasteiger charge is -2.00. The highest BCUT2D eigenvalue weighted by molar-refractivity contribution is 5.46. The van der Waals surface area contributed by atoms with Crippen molar-refractivity contribution in [2.24, 2.45) is 5.73 Å². The summed E-state index contributed by atoms with van der Waals surface area (Å²) in [5, 5.41) is 2.59. The van der Waals surface area contributed by atoms with Crippen molar-refractivity contribution in [2.75, 3.05) is 7.11 Å². The summed E-state index contributed by atoms with van der Waals surface area (Å²) in [5.74, 6) is 0. The summed E-state index contributed by atoms with van der Waals surface area (Å²) in [5.41, 5.74) is 7.61. The molecule has 0 saturated heterocycles. The number of benzene rings is 1. The topological polar surface area (TPSA) is 64.3 Å². The Morgan fingerprint density at radius 1 is 1.29 bits per heavy atom. The summed E-state index contributed by atoms with van der Waals surface area (Å²) < 4.78 is 4.75. The maximum atomic E-state index is 9.97. The minimum atomic E-state index is 0.384. The van der Waals surface area contributed by atoms with Gasteiger partial charge < -0.3 is 15.8 Å². The number of nitrogens with two attached hydrogens (primary N) is 1. The molecule has 0 aliphatic heterocycles. The van der Waals surface area contributed by atoms with Crippen LogP contribution in [0.1, 0.15) is 25.0 Å². The van der Waals surface area contributed by atoms with E-state index in [0.29, 0.717) is 25.6 Å². The molecular formula is C13H22N2O2. The summed E-state index contributed by atoms with van der Waals surface area (Å²) >= 11 is 0. The molecule has 1 rings (SSSR count). The molecular weight excluding hydrogens is 216 g/mol. The molecule has 0 saturated carbocycles. The van der Waals surface area contributed by atoms with E-state index in [1.54, 1.807) is 7.11 Å². The molecule has 0 spiro atoms. The molecule has 0 radical (unpaired) electrons. The SMILES string of the molecule is COC(C)C.NCc1ccc(CNC=O)cc1. The van der Waals surface area contributed by atoms with E-state index in [1.807, 2.05) is 38.1 Å². The minimum absolute atomic E-state index is 0.384. The normalized spacial score (nSPS) is 9.47. The Bertz CT molecular complexity index is 297. The Kier molecular flexibility index (Phi) is 9.01. The zero-order valence-corrected chi connectivity index (χ0v) is 10.8. The predicted molar refractivity (Wildman–Crippen MR) is 69.4 cm³/mol. The third-order valence-corrected chi connectivity index (χ3v) is 2.12. The molecule has 0 aromatic heterocycles. The van der Waals surface area contributed by atoms with Gasteiger partial charge in [-0.1, -0.05) is 24.3 Å². The first-order valence-corrected chi connectivity index (χ1v) is 5.61. The van der Waals surface area contributed by atoms with Crippen LogP contribution in [-0.2, 0) is 22.6 Å². The molecule has 1 aromatic carbocycles. The van der Waals surface area contributed by atoms with E-state index >= 15 is 0 Å². The standard InChI is InChI=1S/C9H12N2O.C4H10O/c10-5-8-1-3-9(4-2-8)6-11-7-12;1-4(2)5-3/h1-4,7H,5-6,10H2,(H,11,12);4H,1-3H3. The van der Waals surface area contributed by atoms with E-state index < -0.39 is 0 Å². The van der Waals surface area contributed by atoms with Crippen LogP contribution in [-0.4, -0.2) is 19.6 Å². The van der Waals surface area contributed by atoms with Gasteiger partial charge in [-0.25, -0.2) is 0 Å². The van der Waals surface area contributed by atoms with Gasteiger partial charge in [-0.05, 0) is 25.0 Å². The maximum absolute atomic E-state index is 9.97. The maximum Gasteiger partial charge on any atom is 0.207 e. The second-order valence-electron chi connectivity index (χ2n) is 3.80.